The number of rotatable bonds is 12. The van der Waals surface area contributed by atoms with E-state index in [2.05, 4.69) is 70.2 Å². The van der Waals surface area contributed by atoms with E-state index in [9.17, 15) is 9.59 Å². The number of ether oxygens (including phenoxy) is 4. The Bertz CT molecular complexity index is 2020. The maximum absolute atomic E-state index is 13.4. The summed E-state index contributed by atoms with van der Waals surface area (Å²) in [6.07, 6.45) is 1.96. The third-order valence-electron chi connectivity index (χ3n) is 11.4. The van der Waals surface area contributed by atoms with Gasteiger partial charge in [-0.25, -0.2) is 4.79 Å². The SMILES string of the molecule is COc1ccc(C(OC[C@H]2O[C@@H](n3cc(C)c(=O)[nH]c3=O)[C@@H]3O[Si](C)(C)/C(=C\CO[Si](C)(C)C(C)(C)C)[C@@H]32)(c2ccccc2)c2ccc(OC)cc2)cc1. The van der Waals surface area contributed by atoms with Gasteiger partial charge in [0.25, 0.3) is 5.56 Å². The van der Waals surface area contributed by atoms with Crippen LogP contribution >= 0.6 is 0 Å². The molecule has 2 fully saturated rings. The number of aromatic amines is 1. The number of hydrogen-bond donors (Lipinski definition) is 1. The fourth-order valence-corrected chi connectivity index (χ4v) is 11.2. The molecule has 0 saturated carbocycles. The van der Waals surface area contributed by atoms with Crippen molar-refractivity contribution in [2.24, 2.45) is 5.92 Å². The molecule has 1 N–H and O–H groups in total. The lowest BCUT2D eigenvalue weighted by molar-refractivity contribution is -0.0898. The Morgan fingerprint density at radius 2 is 1.43 bits per heavy atom. The third kappa shape index (κ3) is 7.47. The smallest absolute Gasteiger partial charge is 0.330 e. The molecule has 288 valence electrons. The van der Waals surface area contributed by atoms with E-state index < -0.39 is 51.9 Å². The van der Waals surface area contributed by atoms with Crippen molar-refractivity contribution >= 4 is 16.6 Å². The minimum Gasteiger partial charge on any atom is -0.497 e. The van der Waals surface area contributed by atoms with Crippen LogP contribution in [-0.2, 0) is 23.9 Å². The van der Waals surface area contributed by atoms with Crippen molar-refractivity contribution in [3.05, 3.63) is 139 Å². The zero-order chi connectivity index (χ0) is 39.1. The topological polar surface area (TPSA) is 110 Å². The van der Waals surface area contributed by atoms with Gasteiger partial charge in [0.2, 0.25) is 8.32 Å². The molecular formula is C42H54N2O8Si2. The van der Waals surface area contributed by atoms with Gasteiger partial charge >= 0.3 is 5.69 Å². The molecule has 12 heteroatoms. The maximum atomic E-state index is 13.4. The molecule has 3 heterocycles. The molecule has 0 unspecified atom stereocenters. The summed E-state index contributed by atoms with van der Waals surface area (Å²) in [7, 11) is -1.26. The van der Waals surface area contributed by atoms with Crippen molar-refractivity contribution in [3.8, 4) is 11.5 Å². The second-order valence-electron chi connectivity index (χ2n) is 16.2. The van der Waals surface area contributed by atoms with Gasteiger partial charge in [-0.1, -0.05) is 81.4 Å². The number of benzene rings is 3. The van der Waals surface area contributed by atoms with Crippen molar-refractivity contribution in [2.45, 2.75) is 83.0 Å². The molecule has 2 saturated heterocycles. The highest BCUT2D eigenvalue weighted by Gasteiger charge is 2.59. The summed E-state index contributed by atoms with van der Waals surface area (Å²) in [6.45, 7) is 17.8. The van der Waals surface area contributed by atoms with Crippen LogP contribution in [-0.4, -0.2) is 65.8 Å². The Kier molecular flexibility index (Phi) is 11.2. The number of hydrogen-bond acceptors (Lipinski definition) is 8. The van der Waals surface area contributed by atoms with Gasteiger partial charge in [-0.2, -0.15) is 0 Å². The number of aromatic nitrogens is 2. The minimum atomic E-state index is -2.51. The first kappa shape index (κ1) is 39.6. The summed E-state index contributed by atoms with van der Waals surface area (Å²) in [4.78, 5) is 28.3. The lowest BCUT2D eigenvalue weighted by Gasteiger charge is -2.37. The summed E-state index contributed by atoms with van der Waals surface area (Å²) >= 11 is 0. The summed E-state index contributed by atoms with van der Waals surface area (Å²) in [5, 5.41) is 1.22. The van der Waals surface area contributed by atoms with Gasteiger partial charge in [-0.15, -0.1) is 0 Å². The van der Waals surface area contributed by atoms with E-state index in [1.165, 1.54) is 4.57 Å². The van der Waals surface area contributed by atoms with Crippen molar-refractivity contribution in [2.75, 3.05) is 27.4 Å². The highest BCUT2D eigenvalue weighted by atomic mass is 28.4. The number of H-pyrrole nitrogens is 1. The Balaban J connectivity index is 1.47. The fourth-order valence-electron chi connectivity index (χ4n) is 7.41. The molecule has 0 radical (unpaired) electrons. The van der Waals surface area contributed by atoms with Gasteiger partial charge in [-0.05, 0) is 84.3 Å². The quantitative estimate of drug-likeness (QED) is 0.117. The Hall–Kier alpha value is -4.05. The molecule has 4 atom stereocenters. The molecular weight excluding hydrogens is 717 g/mol. The van der Waals surface area contributed by atoms with Crippen molar-refractivity contribution in [1.29, 1.82) is 0 Å². The van der Waals surface area contributed by atoms with E-state index in [1.807, 2.05) is 66.7 Å². The molecule has 6 rings (SSSR count). The van der Waals surface area contributed by atoms with Gasteiger partial charge in [0.05, 0.1) is 39.6 Å². The Labute approximate surface area is 320 Å². The molecule has 3 aromatic carbocycles. The van der Waals surface area contributed by atoms with E-state index in [-0.39, 0.29) is 17.6 Å². The van der Waals surface area contributed by atoms with Crippen LogP contribution in [0.15, 0.2) is 106 Å². The van der Waals surface area contributed by atoms with Crippen LogP contribution in [0.4, 0.5) is 0 Å². The second kappa shape index (κ2) is 15.2. The summed E-state index contributed by atoms with van der Waals surface area (Å²) in [6, 6.07) is 26.0. The second-order valence-corrected chi connectivity index (χ2v) is 24.9. The zero-order valence-electron chi connectivity index (χ0n) is 33.1. The van der Waals surface area contributed by atoms with E-state index in [0.717, 1.165) is 33.4 Å². The molecule has 0 spiro atoms. The Morgan fingerprint density at radius 1 is 0.870 bits per heavy atom. The highest BCUT2D eigenvalue weighted by molar-refractivity contribution is 6.79. The molecule has 0 aliphatic carbocycles. The number of nitrogens with zero attached hydrogens (tertiary/aromatic N) is 1. The lowest BCUT2D eigenvalue weighted by Crippen LogP contribution is -2.41. The van der Waals surface area contributed by atoms with Gasteiger partial charge in [0, 0.05) is 17.7 Å². The van der Waals surface area contributed by atoms with Crippen molar-refractivity contribution < 1.29 is 27.8 Å². The lowest BCUT2D eigenvalue weighted by atomic mass is 9.80. The molecule has 0 bridgehead atoms. The van der Waals surface area contributed by atoms with Crippen LogP contribution in [0.5, 0.6) is 11.5 Å². The number of methoxy groups -OCH3 is 2. The van der Waals surface area contributed by atoms with Crippen LogP contribution in [0.1, 0.15) is 49.3 Å². The largest absolute Gasteiger partial charge is 0.497 e. The van der Waals surface area contributed by atoms with Gasteiger partial charge in [0.1, 0.15) is 17.1 Å². The molecule has 1 aromatic heterocycles. The van der Waals surface area contributed by atoms with Gasteiger partial charge < -0.3 is 27.8 Å². The van der Waals surface area contributed by atoms with Gasteiger partial charge in [0.15, 0.2) is 14.5 Å². The third-order valence-corrected chi connectivity index (χ3v) is 18.7. The van der Waals surface area contributed by atoms with Crippen LogP contribution < -0.4 is 20.7 Å². The normalized spacial score (nSPS) is 22.0. The minimum absolute atomic E-state index is 0.0536. The maximum Gasteiger partial charge on any atom is 0.330 e. The summed E-state index contributed by atoms with van der Waals surface area (Å²) < 4.78 is 40.4. The van der Waals surface area contributed by atoms with E-state index in [4.69, 9.17) is 27.8 Å². The first-order valence-electron chi connectivity index (χ1n) is 18.5. The molecule has 2 aliphatic rings. The van der Waals surface area contributed by atoms with Crippen LogP contribution in [0.2, 0.25) is 31.2 Å². The average Bonchev–Trinajstić information content (AvgIpc) is 3.61. The van der Waals surface area contributed by atoms with Crippen LogP contribution in [0, 0.1) is 12.8 Å². The van der Waals surface area contributed by atoms with Gasteiger partial charge in [-0.3, -0.25) is 14.3 Å². The summed E-state index contributed by atoms with van der Waals surface area (Å²) in [5.41, 5.74) is 1.07. The number of aryl methyl sites for hydroxylation is 1. The highest BCUT2D eigenvalue weighted by Crippen LogP contribution is 2.51. The van der Waals surface area contributed by atoms with Crippen LogP contribution in [0.25, 0.3) is 0 Å². The van der Waals surface area contributed by atoms with E-state index >= 15 is 0 Å². The molecule has 54 heavy (non-hydrogen) atoms. The zero-order valence-corrected chi connectivity index (χ0v) is 35.1. The predicted molar refractivity (Wildman–Crippen MR) is 215 cm³/mol. The first-order chi connectivity index (χ1) is 25.5. The monoisotopic (exact) mass is 770 g/mol. The predicted octanol–water partition coefficient (Wildman–Crippen LogP) is 7.48. The first-order valence-corrected chi connectivity index (χ1v) is 24.3. The molecule has 4 aromatic rings. The molecule has 0 amide bonds. The van der Waals surface area contributed by atoms with Crippen molar-refractivity contribution in [1.82, 2.24) is 9.55 Å². The van der Waals surface area contributed by atoms with E-state index in [0.29, 0.717) is 12.2 Å². The average molecular weight is 771 g/mol. The standard InChI is InChI=1S/C42H54N2O8Si2/c1-28-26-44(40(46)43-38(28)45)39-37-36(35(53(7,8)52-37)24-25-50-54(9,10)41(2,3)4)34(51-39)27-49-42(29-14-12-11-13-15-29,30-16-20-32(47-5)21-17-30)31-18-22-33(48-6)23-19-31/h11-24,26,34,36-37,39H,25,27H2,1-10H3,(H,43,45,46)/b35-24-/t34-,36+,37-,39-/m1/s1. The van der Waals surface area contributed by atoms with Crippen molar-refractivity contribution in [3.63, 3.8) is 0 Å². The molecule has 10 nitrogen and oxygen atoms in total. The van der Waals surface area contributed by atoms with E-state index in [1.54, 1.807) is 27.3 Å². The number of nitrogens with one attached hydrogen (secondary N) is 1. The molecule has 2 aliphatic heterocycles. The Morgan fingerprint density at radius 3 is 1.96 bits per heavy atom. The number of fused-ring (bicyclic) bond motifs is 1. The van der Waals surface area contributed by atoms with Crippen LogP contribution in [0.3, 0.4) is 0 Å². The fraction of sp³-hybridized carbons (Fsp3) is 0.429. The summed E-state index contributed by atoms with van der Waals surface area (Å²) in [5.74, 6) is 1.22.